The van der Waals surface area contributed by atoms with E-state index in [0.29, 0.717) is 0 Å². The van der Waals surface area contributed by atoms with E-state index in [0.717, 1.165) is 12.8 Å². The first-order valence-corrected chi connectivity index (χ1v) is 2.53. The van der Waals surface area contributed by atoms with E-state index in [1.54, 1.807) is 0 Å². The Labute approximate surface area is 44.2 Å². The monoisotopic (exact) mass is 91.1 g/mol. The standard InChI is InChI=1S/C7H7/c1-2-4-6-7-5-3-1/h1H,4,6-7H2. The van der Waals surface area contributed by atoms with E-state index < -0.39 is 0 Å². The summed E-state index contributed by atoms with van der Waals surface area (Å²) in [6.45, 7) is 0. The van der Waals surface area contributed by atoms with E-state index in [1.807, 2.05) is 6.08 Å². The zero-order valence-electron chi connectivity index (χ0n) is 4.20. The smallest absolute Gasteiger partial charge is 0.00954 e. The Balaban J connectivity index is 2.49. The third-order valence-corrected chi connectivity index (χ3v) is 0.899. The lowest BCUT2D eigenvalue weighted by atomic mass is 10.3. The zero-order chi connectivity index (χ0) is 4.95. The predicted octanol–water partition coefficient (Wildman–Crippen LogP) is 1.53. The van der Waals surface area contributed by atoms with Crippen LogP contribution >= 0.6 is 0 Å². The molecule has 0 atom stereocenters. The minimum atomic E-state index is 1.05. The van der Waals surface area contributed by atoms with Gasteiger partial charge in [-0.1, -0.05) is 11.8 Å². The molecule has 1 radical (unpaired) electrons. The second-order valence-electron chi connectivity index (χ2n) is 1.52. The van der Waals surface area contributed by atoms with Crippen LogP contribution in [0.1, 0.15) is 19.3 Å². The maximum absolute atomic E-state index is 3.05. The molecule has 0 aromatic rings. The largest absolute Gasteiger partial charge is 0.0985 e. The van der Waals surface area contributed by atoms with Gasteiger partial charge in [-0.15, -0.1) is 0 Å². The molecule has 0 aliphatic heterocycles. The van der Waals surface area contributed by atoms with Gasteiger partial charge >= 0.3 is 0 Å². The Kier molecular flexibility index (Phi) is 1.57. The average molecular weight is 91.1 g/mol. The van der Waals surface area contributed by atoms with Crippen molar-refractivity contribution in [2.45, 2.75) is 19.3 Å². The topological polar surface area (TPSA) is 0 Å². The number of hydrogen-bond donors (Lipinski definition) is 0. The van der Waals surface area contributed by atoms with Crippen LogP contribution < -0.4 is 0 Å². The van der Waals surface area contributed by atoms with E-state index >= 15 is 0 Å². The molecule has 0 aromatic carbocycles. The summed E-state index contributed by atoms with van der Waals surface area (Å²) < 4.78 is 0. The molecule has 1 aliphatic carbocycles. The Morgan fingerprint density at radius 3 is 3.29 bits per heavy atom. The molecule has 1 rings (SSSR count). The fraction of sp³-hybridized carbons (Fsp3) is 0.429. The van der Waals surface area contributed by atoms with Crippen molar-refractivity contribution in [2.75, 3.05) is 0 Å². The Bertz CT molecular complexity index is 121. The number of hydrogen-bond acceptors (Lipinski definition) is 0. The second kappa shape index (κ2) is 2.47. The van der Waals surface area contributed by atoms with Crippen molar-refractivity contribution < 1.29 is 0 Å². The average Bonchev–Trinajstić information content (AvgIpc) is 1.90. The molecular formula is C7H7. The van der Waals surface area contributed by atoms with Crippen LogP contribution in [0.25, 0.3) is 0 Å². The lowest BCUT2D eigenvalue weighted by Gasteiger charge is -1.79. The van der Waals surface area contributed by atoms with Gasteiger partial charge in [-0.25, -0.2) is 0 Å². The summed E-state index contributed by atoms with van der Waals surface area (Å²) in [5, 5.41) is 0. The van der Waals surface area contributed by atoms with Crippen molar-refractivity contribution in [1.82, 2.24) is 0 Å². The van der Waals surface area contributed by atoms with Crippen molar-refractivity contribution in [1.29, 1.82) is 0 Å². The summed E-state index contributed by atoms with van der Waals surface area (Å²) in [4.78, 5) is 0. The maximum Gasteiger partial charge on any atom is 0.00954 e. The first kappa shape index (κ1) is 4.46. The molecule has 35 valence electrons. The quantitative estimate of drug-likeness (QED) is 0.396. The zero-order valence-corrected chi connectivity index (χ0v) is 4.20. The highest BCUT2D eigenvalue weighted by Gasteiger charge is 1.81. The molecule has 0 bridgehead atoms. The third-order valence-electron chi connectivity index (χ3n) is 0.899. The minimum absolute atomic E-state index is 1.05. The van der Waals surface area contributed by atoms with Gasteiger partial charge in [0.1, 0.15) is 0 Å². The highest BCUT2D eigenvalue weighted by molar-refractivity contribution is 5.14. The fourth-order valence-corrected chi connectivity index (χ4v) is 0.525. The van der Waals surface area contributed by atoms with Gasteiger partial charge in [0.15, 0.2) is 0 Å². The second-order valence-corrected chi connectivity index (χ2v) is 1.52. The molecular weight excluding hydrogens is 84.1 g/mol. The third kappa shape index (κ3) is 1.45. The van der Waals surface area contributed by atoms with Crippen LogP contribution in [-0.4, -0.2) is 0 Å². The van der Waals surface area contributed by atoms with Crippen molar-refractivity contribution in [3.05, 3.63) is 12.2 Å². The lowest BCUT2D eigenvalue weighted by Crippen LogP contribution is -1.64. The lowest BCUT2D eigenvalue weighted by molar-refractivity contribution is 0.876. The van der Waals surface area contributed by atoms with E-state index in [-0.39, 0.29) is 0 Å². The molecule has 0 fully saturated rings. The van der Waals surface area contributed by atoms with Gasteiger partial charge < -0.3 is 0 Å². The molecule has 0 saturated carbocycles. The molecule has 7 heavy (non-hydrogen) atoms. The summed E-state index contributed by atoms with van der Waals surface area (Å²) in [5.41, 5.74) is 0. The van der Waals surface area contributed by atoms with Gasteiger partial charge in [0, 0.05) is 6.42 Å². The van der Waals surface area contributed by atoms with Crippen LogP contribution in [-0.2, 0) is 0 Å². The number of rotatable bonds is 0. The van der Waals surface area contributed by atoms with Gasteiger partial charge in [-0.3, -0.25) is 0 Å². The van der Waals surface area contributed by atoms with E-state index in [9.17, 15) is 0 Å². The first-order valence-electron chi connectivity index (χ1n) is 2.53. The molecule has 1 aliphatic rings. The van der Waals surface area contributed by atoms with Crippen molar-refractivity contribution in [2.24, 2.45) is 0 Å². The molecule has 0 nitrogen and oxygen atoms in total. The van der Waals surface area contributed by atoms with Gasteiger partial charge in [-0.2, -0.15) is 0 Å². The molecule has 0 aromatic heterocycles. The van der Waals surface area contributed by atoms with Crippen molar-refractivity contribution in [3.8, 4) is 11.8 Å². The number of allylic oxidation sites excluding steroid dienone is 2. The Morgan fingerprint density at radius 2 is 2.29 bits per heavy atom. The van der Waals surface area contributed by atoms with E-state index in [2.05, 4.69) is 17.9 Å². The first-order chi connectivity index (χ1) is 3.50. The molecule has 0 spiro atoms. The molecule has 0 amide bonds. The Hall–Kier alpha value is -0.700. The van der Waals surface area contributed by atoms with Crippen LogP contribution in [0.4, 0.5) is 0 Å². The fourth-order valence-electron chi connectivity index (χ4n) is 0.525. The molecule has 0 unspecified atom stereocenters. The summed E-state index contributed by atoms with van der Waals surface area (Å²) in [5.74, 6) is 5.84. The highest BCUT2D eigenvalue weighted by Crippen LogP contribution is 1.96. The van der Waals surface area contributed by atoms with Crippen LogP contribution in [0.2, 0.25) is 0 Å². The molecule has 0 heterocycles. The maximum atomic E-state index is 3.05. The summed E-state index contributed by atoms with van der Waals surface area (Å²) in [6, 6.07) is 0. The van der Waals surface area contributed by atoms with Crippen LogP contribution in [0.3, 0.4) is 0 Å². The van der Waals surface area contributed by atoms with Gasteiger partial charge in [0.2, 0.25) is 0 Å². The SMILES string of the molecule is [C]1=CC#CCCC1. The summed E-state index contributed by atoms with van der Waals surface area (Å²) in [7, 11) is 0. The van der Waals surface area contributed by atoms with Crippen LogP contribution in [0.5, 0.6) is 0 Å². The molecule has 0 heteroatoms. The van der Waals surface area contributed by atoms with Gasteiger partial charge in [0.05, 0.1) is 0 Å². The van der Waals surface area contributed by atoms with Crippen LogP contribution in [0.15, 0.2) is 6.08 Å². The van der Waals surface area contributed by atoms with E-state index in [1.165, 1.54) is 6.42 Å². The van der Waals surface area contributed by atoms with Gasteiger partial charge in [0.25, 0.3) is 0 Å². The molecule has 0 saturated heterocycles. The van der Waals surface area contributed by atoms with Gasteiger partial charge in [-0.05, 0) is 25.0 Å². The Morgan fingerprint density at radius 1 is 1.29 bits per heavy atom. The normalized spacial score (nSPS) is 17.1. The minimum Gasteiger partial charge on any atom is -0.0985 e. The van der Waals surface area contributed by atoms with Crippen LogP contribution in [0, 0.1) is 17.9 Å². The predicted molar refractivity (Wildman–Crippen MR) is 29.4 cm³/mol. The highest BCUT2D eigenvalue weighted by atomic mass is 13.9. The summed E-state index contributed by atoms with van der Waals surface area (Å²) >= 11 is 0. The van der Waals surface area contributed by atoms with Crippen molar-refractivity contribution in [3.63, 3.8) is 0 Å². The van der Waals surface area contributed by atoms with Crippen molar-refractivity contribution >= 4 is 0 Å². The van der Waals surface area contributed by atoms with E-state index in [4.69, 9.17) is 0 Å². The molecule has 0 N–H and O–H groups in total. The summed E-state index contributed by atoms with van der Waals surface area (Å²) in [6.07, 6.45) is 8.16.